The van der Waals surface area contributed by atoms with Gasteiger partial charge in [-0.25, -0.2) is 14.0 Å². The van der Waals surface area contributed by atoms with Crippen LogP contribution in [-0.2, 0) is 16.1 Å². The third-order valence-corrected chi connectivity index (χ3v) is 3.64. The Labute approximate surface area is 168 Å². The van der Waals surface area contributed by atoms with Gasteiger partial charge in [0.1, 0.15) is 11.9 Å². The number of ether oxygens (including phenoxy) is 1. The molecule has 0 fully saturated rings. The molecule has 0 unspecified atom stereocenters. The highest BCUT2D eigenvalue weighted by molar-refractivity contribution is 5.89. The minimum absolute atomic E-state index is 0. The zero-order chi connectivity index (χ0) is 20.9. The van der Waals surface area contributed by atoms with Crippen molar-refractivity contribution in [3.63, 3.8) is 0 Å². The van der Waals surface area contributed by atoms with Crippen molar-refractivity contribution < 1.29 is 21.6 Å². The lowest BCUT2D eigenvalue weighted by Crippen LogP contribution is -2.28. The second-order valence-corrected chi connectivity index (χ2v) is 5.50. The smallest absolute Gasteiger partial charge is 0.384 e. The van der Waals surface area contributed by atoms with Crippen LogP contribution in [0.3, 0.4) is 0 Å². The van der Waals surface area contributed by atoms with E-state index in [0.29, 0.717) is 12.1 Å². The molecule has 0 saturated carbocycles. The van der Waals surface area contributed by atoms with Crippen molar-refractivity contribution in [2.24, 2.45) is 0 Å². The molecule has 2 amide bonds. The van der Waals surface area contributed by atoms with Crippen LogP contribution in [0.4, 0.5) is 14.9 Å². The maximum Gasteiger partial charge on any atom is 0.384 e. The number of halogens is 1. The summed E-state index contributed by atoms with van der Waals surface area (Å²) in [6, 6.07) is 12.4. The van der Waals surface area contributed by atoms with E-state index in [1.54, 1.807) is 36.4 Å². The number of esters is 1. The van der Waals surface area contributed by atoms with Gasteiger partial charge in [0.25, 0.3) is 0 Å². The predicted molar refractivity (Wildman–Crippen MR) is 112 cm³/mol. The van der Waals surface area contributed by atoms with E-state index in [2.05, 4.69) is 10.6 Å². The van der Waals surface area contributed by atoms with Crippen LogP contribution in [0.25, 0.3) is 0 Å². The maximum absolute atomic E-state index is 12.8. The number of terminal acetylenes is 1. The molecule has 0 aliphatic heterocycles. The predicted octanol–water partition coefficient (Wildman–Crippen LogP) is 5.29. The van der Waals surface area contributed by atoms with Gasteiger partial charge in [0.15, 0.2) is 0 Å². The van der Waals surface area contributed by atoms with Crippen molar-refractivity contribution in [2.75, 3.05) is 5.32 Å². The Morgan fingerprint density at radius 3 is 2.29 bits per heavy atom. The zero-order valence-electron chi connectivity index (χ0n) is 16.3. The van der Waals surface area contributed by atoms with E-state index in [1.807, 2.05) is 26.7 Å². The van der Waals surface area contributed by atoms with E-state index < -0.39 is 12.1 Å². The maximum atomic E-state index is 12.8. The van der Waals surface area contributed by atoms with Gasteiger partial charge >= 0.3 is 12.0 Å². The summed E-state index contributed by atoms with van der Waals surface area (Å²) in [6.45, 7) is 6.16. The average Bonchev–Trinajstić information content (AvgIpc) is 2.73. The normalized spacial score (nSPS) is 10.5. The molecule has 152 valence electrons. The molecular formula is C22H29FN2O3. The molecule has 0 aliphatic carbocycles. The van der Waals surface area contributed by atoms with Crippen molar-refractivity contribution in [1.29, 1.82) is 0 Å². The molecule has 2 rings (SSSR count). The Morgan fingerprint density at radius 1 is 1.14 bits per heavy atom. The number of benzene rings is 2. The van der Waals surface area contributed by atoms with Crippen LogP contribution >= 0.6 is 0 Å². The Balaban J connectivity index is 0. The SMILES string of the molecule is C#CC(=O)O[C@@H](CC)c1ccc(NC(=O)NCc2ccc(F)cc2)cc1.CC.[HH].[HH]. The van der Waals surface area contributed by atoms with Crippen molar-refractivity contribution in [1.82, 2.24) is 5.32 Å². The Kier molecular flexibility index (Phi) is 9.84. The number of nitrogens with one attached hydrogen (secondary N) is 2. The Morgan fingerprint density at radius 2 is 1.75 bits per heavy atom. The van der Waals surface area contributed by atoms with E-state index >= 15 is 0 Å². The van der Waals surface area contributed by atoms with Gasteiger partial charge in [0, 0.05) is 21.0 Å². The second-order valence-electron chi connectivity index (χ2n) is 5.50. The highest BCUT2D eigenvalue weighted by Crippen LogP contribution is 2.22. The van der Waals surface area contributed by atoms with Gasteiger partial charge in [-0.1, -0.05) is 45.0 Å². The lowest BCUT2D eigenvalue weighted by molar-refractivity contribution is -0.142. The highest BCUT2D eigenvalue weighted by Gasteiger charge is 2.13. The van der Waals surface area contributed by atoms with Gasteiger partial charge in [-0.3, -0.25) is 0 Å². The first-order valence-electron chi connectivity index (χ1n) is 9.08. The minimum Gasteiger partial charge on any atom is -0.448 e. The number of carbonyl (C=O) groups excluding carboxylic acids is 2. The lowest BCUT2D eigenvalue weighted by atomic mass is 10.1. The summed E-state index contributed by atoms with van der Waals surface area (Å²) in [6.07, 6.45) is 5.16. The third kappa shape index (κ3) is 7.50. The number of rotatable bonds is 6. The molecule has 6 heteroatoms. The summed E-state index contributed by atoms with van der Waals surface area (Å²) in [5, 5.41) is 5.38. The standard InChI is InChI=1S/C20H19FN2O3.C2H6.2H2/c1-3-18(26-19(24)4-2)15-7-11-17(12-8-15)23-20(25)22-13-14-5-9-16(21)10-6-14;1-2;;/h2,5-12,18H,3,13H2,1H3,(H2,22,23,25);1-2H3;2*1H/t18-;;;/m0.../s1. The Hall–Kier alpha value is -3.33. The van der Waals surface area contributed by atoms with Crippen molar-refractivity contribution in [3.05, 3.63) is 65.5 Å². The fourth-order valence-electron chi connectivity index (χ4n) is 2.29. The van der Waals surface area contributed by atoms with E-state index in [-0.39, 0.29) is 21.2 Å². The molecule has 2 aromatic carbocycles. The summed E-state index contributed by atoms with van der Waals surface area (Å²) < 4.78 is 18.0. The van der Waals surface area contributed by atoms with Gasteiger partial charge < -0.3 is 15.4 Å². The van der Waals surface area contributed by atoms with Crippen molar-refractivity contribution >= 4 is 17.7 Å². The van der Waals surface area contributed by atoms with Crippen molar-refractivity contribution in [2.45, 2.75) is 39.8 Å². The molecule has 1 atom stereocenters. The summed E-state index contributed by atoms with van der Waals surface area (Å²) in [5.41, 5.74) is 2.16. The van der Waals surface area contributed by atoms with Crippen LogP contribution in [0.5, 0.6) is 0 Å². The molecule has 2 aromatic rings. The first kappa shape index (κ1) is 22.7. The van der Waals surface area contributed by atoms with E-state index in [9.17, 15) is 14.0 Å². The fraction of sp³-hybridized carbons (Fsp3) is 0.273. The molecular weight excluding hydrogens is 359 g/mol. The summed E-state index contributed by atoms with van der Waals surface area (Å²) in [4.78, 5) is 23.2. The van der Waals surface area contributed by atoms with Crippen LogP contribution in [0.2, 0.25) is 0 Å². The van der Waals surface area contributed by atoms with Gasteiger partial charge in [0.05, 0.1) is 0 Å². The van der Waals surface area contributed by atoms with Crippen LogP contribution in [-0.4, -0.2) is 12.0 Å². The molecule has 5 nitrogen and oxygen atoms in total. The van der Waals surface area contributed by atoms with Gasteiger partial charge in [0.2, 0.25) is 0 Å². The molecule has 2 N–H and O–H groups in total. The lowest BCUT2D eigenvalue weighted by Gasteiger charge is -2.15. The van der Waals surface area contributed by atoms with E-state index in [4.69, 9.17) is 11.2 Å². The number of amides is 2. The van der Waals surface area contributed by atoms with Gasteiger partial charge in [-0.2, -0.15) is 0 Å². The second kappa shape index (κ2) is 12.1. The van der Waals surface area contributed by atoms with Crippen LogP contribution < -0.4 is 10.6 Å². The molecule has 0 aromatic heterocycles. The van der Waals surface area contributed by atoms with E-state index in [1.165, 1.54) is 12.1 Å². The third-order valence-electron chi connectivity index (χ3n) is 3.64. The number of hydrogen-bond acceptors (Lipinski definition) is 3. The first-order valence-corrected chi connectivity index (χ1v) is 9.08. The average molecular weight is 388 g/mol. The number of carbonyl (C=O) groups is 2. The van der Waals surface area contributed by atoms with Gasteiger partial charge in [-0.05, 0) is 41.8 Å². The number of hydrogen-bond donors (Lipinski definition) is 2. The quantitative estimate of drug-likeness (QED) is 0.401. The number of urea groups is 1. The molecule has 0 bridgehead atoms. The number of anilines is 1. The monoisotopic (exact) mass is 388 g/mol. The van der Waals surface area contributed by atoms with Crippen LogP contribution in [0.15, 0.2) is 48.5 Å². The first-order chi connectivity index (χ1) is 13.5. The molecule has 0 spiro atoms. The summed E-state index contributed by atoms with van der Waals surface area (Å²) in [5.74, 6) is 0.889. The highest BCUT2D eigenvalue weighted by atomic mass is 19.1. The van der Waals surface area contributed by atoms with E-state index in [0.717, 1.165) is 11.1 Å². The molecule has 0 radical (unpaired) electrons. The molecule has 0 heterocycles. The topological polar surface area (TPSA) is 67.4 Å². The fourth-order valence-corrected chi connectivity index (χ4v) is 2.29. The Bertz CT molecular complexity index is 807. The largest absolute Gasteiger partial charge is 0.448 e. The molecule has 0 saturated heterocycles. The molecule has 28 heavy (non-hydrogen) atoms. The van der Waals surface area contributed by atoms with Gasteiger partial charge in [-0.15, -0.1) is 6.42 Å². The van der Waals surface area contributed by atoms with Crippen LogP contribution in [0, 0.1) is 18.2 Å². The minimum atomic E-state index is -0.709. The summed E-state index contributed by atoms with van der Waals surface area (Å²) >= 11 is 0. The van der Waals surface area contributed by atoms with Crippen LogP contribution in [0.1, 0.15) is 47.3 Å². The molecule has 0 aliphatic rings. The summed E-state index contributed by atoms with van der Waals surface area (Å²) in [7, 11) is 0. The van der Waals surface area contributed by atoms with Crippen molar-refractivity contribution in [3.8, 4) is 12.3 Å². The zero-order valence-corrected chi connectivity index (χ0v) is 16.3.